The smallest absolute Gasteiger partial charge is 0.270 e. The number of amides is 1. The van der Waals surface area contributed by atoms with E-state index in [1.165, 1.54) is 25.2 Å². The Kier molecular flexibility index (Phi) is 3.71. The van der Waals surface area contributed by atoms with E-state index in [0.29, 0.717) is 11.3 Å². The summed E-state index contributed by atoms with van der Waals surface area (Å²) in [6, 6.07) is 5.74. The Morgan fingerprint density at radius 3 is 2.65 bits per heavy atom. The van der Waals surface area contributed by atoms with Crippen molar-refractivity contribution in [2.75, 3.05) is 7.05 Å². The van der Waals surface area contributed by atoms with E-state index in [-0.39, 0.29) is 5.69 Å². The number of carbonyl (C=O) groups is 1. The van der Waals surface area contributed by atoms with Crippen LogP contribution in [-0.4, -0.2) is 33.5 Å². The molecule has 106 valence electrons. The molecule has 0 saturated heterocycles. The molecule has 0 bridgehead atoms. The van der Waals surface area contributed by atoms with Gasteiger partial charge in [-0.25, -0.2) is 5.01 Å². The lowest BCUT2D eigenvalue weighted by atomic mass is 9.93. The maximum absolute atomic E-state index is 12.1. The molecule has 2 rings (SSSR count). The largest absolute Gasteiger partial charge is 0.271 e. The monoisotopic (exact) mass is 315 g/mol. The molecule has 1 aliphatic rings. The second-order valence-corrected chi connectivity index (χ2v) is 5.47. The van der Waals surface area contributed by atoms with Crippen LogP contribution in [0.2, 0.25) is 0 Å². The first-order valence-corrected chi connectivity index (χ1v) is 6.51. The third-order valence-electron chi connectivity index (χ3n) is 3.15. The van der Waals surface area contributed by atoms with Crippen LogP contribution >= 0.6 is 23.2 Å². The lowest BCUT2D eigenvalue weighted by Gasteiger charge is -2.25. The van der Waals surface area contributed by atoms with Gasteiger partial charge in [0.15, 0.2) is 4.87 Å². The highest BCUT2D eigenvalue weighted by molar-refractivity contribution is 6.52. The fraction of sp³-hybridized carbons (Fsp3) is 0.333. The van der Waals surface area contributed by atoms with E-state index in [1.807, 2.05) is 0 Å². The molecule has 0 N–H and O–H groups in total. The number of benzene rings is 1. The van der Waals surface area contributed by atoms with Crippen molar-refractivity contribution in [3.8, 4) is 0 Å². The number of halogens is 2. The third kappa shape index (κ3) is 2.14. The average Bonchev–Trinajstić information content (AvgIpc) is 2.62. The van der Waals surface area contributed by atoms with Gasteiger partial charge in [0.25, 0.3) is 11.6 Å². The van der Waals surface area contributed by atoms with Crippen LogP contribution < -0.4 is 0 Å². The van der Waals surface area contributed by atoms with Crippen LogP contribution in [0.4, 0.5) is 5.69 Å². The van der Waals surface area contributed by atoms with Crippen LogP contribution in [0.15, 0.2) is 29.4 Å². The molecule has 0 aromatic heterocycles. The molecule has 6 nitrogen and oxygen atoms in total. The zero-order chi connectivity index (χ0) is 15.1. The summed E-state index contributed by atoms with van der Waals surface area (Å²) in [5.74, 6) is -0.455. The van der Waals surface area contributed by atoms with Crippen molar-refractivity contribution in [2.24, 2.45) is 5.10 Å². The van der Waals surface area contributed by atoms with Crippen molar-refractivity contribution in [1.29, 1.82) is 0 Å². The van der Waals surface area contributed by atoms with Crippen molar-refractivity contribution in [1.82, 2.24) is 5.01 Å². The van der Waals surface area contributed by atoms with Gasteiger partial charge < -0.3 is 0 Å². The van der Waals surface area contributed by atoms with Crippen LogP contribution in [0, 0.1) is 10.1 Å². The topological polar surface area (TPSA) is 75.8 Å². The maximum Gasteiger partial charge on any atom is 0.271 e. The van der Waals surface area contributed by atoms with E-state index in [2.05, 4.69) is 5.10 Å². The van der Waals surface area contributed by atoms with Gasteiger partial charge in [-0.3, -0.25) is 14.9 Å². The van der Waals surface area contributed by atoms with Crippen molar-refractivity contribution in [2.45, 2.75) is 17.2 Å². The van der Waals surface area contributed by atoms with Gasteiger partial charge in [0, 0.05) is 19.2 Å². The van der Waals surface area contributed by atoms with Crippen molar-refractivity contribution < 1.29 is 9.72 Å². The molecule has 2 unspecified atom stereocenters. The minimum atomic E-state index is -1.52. The number of non-ortho nitro benzene ring substituents is 1. The normalized spacial score (nSPS) is 23.7. The van der Waals surface area contributed by atoms with Gasteiger partial charge in [-0.15, -0.1) is 11.6 Å². The van der Waals surface area contributed by atoms with Gasteiger partial charge in [0.05, 0.1) is 16.0 Å². The molecule has 2 atom stereocenters. The Hall–Kier alpha value is -1.66. The highest BCUT2D eigenvalue weighted by Crippen LogP contribution is 2.43. The summed E-state index contributed by atoms with van der Waals surface area (Å²) in [5, 5.41) is 14.9. The fourth-order valence-electron chi connectivity index (χ4n) is 2.05. The average molecular weight is 316 g/mol. The second-order valence-electron chi connectivity index (χ2n) is 4.44. The molecule has 0 radical (unpaired) electrons. The number of alkyl halides is 2. The molecule has 1 aromatic rings. The van der Waals surface area contributed by atoms with E-state index in [4.69, 9.17) is 23.2 Å². The summed E-state index contributed by atoms with van der Waals surface area (Å²) >= 11 is 12.7. The second kappa shape index (κ2) is 5.03. The zero-order valence-electron chi connectivity index (χ0n) is 10.7. The van der Waals surface area contributed by atoms with E-state index in [1.54, 1.807) is 13.0 Å². The summed E-state index contributed by atoms with van der Waals surface area (Å²) in [6.07, 6.45) is 0. The molecule has 8 heteroatoms. The molecule has 1 heterocycles. The molecular weight excluding hydrogens is 305 g/mol. The molecular formula is C12H11Cl2N3O3. The first kappa shape index (κ1) is 14.7. The Bertz CT molecular complexity index is 620. The van der Waals surface area contributed by atoms with Crippen LogP contribution in [0.25, 0.3) is 0 Å². The Morgan fingerprint density at radius 2 is 2.15 bits per heavy atom. The van der Waals surface area contributed by atoms with Crippen LogP contribution in [0.5, 0.6) is 0 Å². The van der Waals surface area contributed by atoms with E-state index >= 15 is 0 Å². The van der Waals surface area contributed by atoms with Crippen LogP contribution in [0.1, 0.15) is 17.9 Å². The predicted octanol–water partition coefficient (Wildman–Crippen LogP) is 2.70. The number of hydrogen-bond donors (Lipinski definition) is 0. The maximum atomic E-state index is 12.1. The number of nitrogens with zero attached hydrogens (tertiary/aromatic N) is 3. The fourth-order valence-corrected chi connectivity index (χ4v) is 2.72. The predicted molar refractivity (Wildman–Crippen MR) is 76.2 cm³/mol. The highest BCUT2D eigenvalue weighted by atomic mass is 35.5. The molecule has 0 saturated carbocycles. The summed E-state index contributed by atoms with van der Waals surface area (Å²) in [6.45, 7) is 1.60. The number of hydrazone groups is 1. The van der Waals surface area contributed by atoms with Crippen LogP contribution in [-0.2, 0) is 4.79 Å². The van der Waals surface area contributed by atoms with Gasteiger partial charge in [-0.1, -0.05) is 23.7 Å². The lowest BCUT2D eigenvalue weighted by molar-refractivity contribution is -0.384. The number of hydrogen-bond acceptors (Lipinski definition) is 4. The molecule has 1 aromatic carbocycles. The minimum absolute atomic E-state index is 0.109. The highest BCUT2D eigenvalue weighted by Gasteiger charge is 2.52. The van der Waals surface area contributed by atoms with Gasteiger partial charge in [-0.2, -0.15) is 5.10 Å². The van der Waals surface area contributed by atoms with Crippen LogP contribution in [0.3, 0.4) is 0 Å². The van der Waals surface area contributed by atoms with E-state index in [9.17, 15) is 14.9 Å². The standard InChI is InChI=1S/C12H11Cl2N3O3/c1-7-12(14,11(18)16(2)15-7)10(13)8-4-3-5-9(6-8)17(19)20/h3-6,10H,1-2H3. The quantitative estimate of drug-likeness (QED) is 0.489. The number of nitro groups is 1. The van der Waals surface area contributed by atoms with E-state index < -0.39 is 21.1 Å². The molecule has 1 aliphatic heterocycles. The van der Waals surface area contributed by atoms with Gasteiger partial charge >= 0.3 is 0 Å². The number of nitro benzene ring substituents is 1. The zero-order valence-corrected chi connectivity index (χ0v) is 12.2. The summed E-state index contributed by atoms with van der Waals surface area (Å²) in [7, 11) is 1.48. The number of carbonyl (C=O) groups excluding carboxylic acids is 1. The van der Waals surface area contributed by atoms with E-state index in [0.717, 1.165) is 5.01 Å². The van der Waals surface area contributed by atoms with Gasteiger partial charge in [0.1, 0.15) is 0 Å². The molecule has 0 aliphatic carbocycles. The Balaban J connectivity index is 2.44. The first-order chi connectivity index (χ1) is 9.28. The Morgan fingerprint density at radius 1 is 1.50 bits per heavy atom. The molecule has 1 amide bonds. The van der Waals surface area contributed by atoms with Crippen molar-refractivity contribution in [3.63, 3.8) is 0 Å². The van der Waals surface area contributed by atoms with Gasteiger partial charge in [0.2, 0.25) is 0 Å². The first-order valence-electron chi connectivity index (χ1n) is 5.69. The third-order valence-corrected chi connectivity index (χ3v) is 4.50. The van der Waals surface area contributed by atoms with Crippen molar-refractivity contribution >= 4 is 40.5 Å². The summed E-state index contributed by atoms with van der Waals surface area (Å²) in [4.78, 5) is 20.9. The van der Waals surface area contributed by atoms with Gasteiger partial charge in [-0.05, 0) is 12.5 Å². The Labute approximate surface area is 125 Å². The molecule has 0 fully saturated rings. The molecule has 0 spiro atoms. The number of rotatable bonds is 3. The van der Waals surface area contributed by atoms with Crippen molar-refractivity contribution in [3.05, 3.63) is 39.9 Å². The summed E-state index contributed by atoms with van der Waals surface area (Å²) < 4.78 is 0. The molecule has 20 heavy (non-hydrogen) atoms. The SMILES string of the molecule is CC1=NN(C)C(=O)C1(Cl)C(Cl)c1cccc([N+](=O)[O-])c1. The summed E-state index contributed by atoms with van der Waals surface area (Å²) in [5.41, 5.74) is 0.647. The lowest BCUT2D eigenvalue weighted by Crippen LogP contribution is -2.43. The minimum Gasteiger partial charge on any atom is -0.270 e.